The quantitative estimate of drug-likeness (QED) is 0.444. The molecule has 6 nitrogen and oxygen atoms in total. The SMILES string of the molecule is CC(=O)Oc1c(C)c(C)c2c(c1C)CCC(C)(Cn1nccc1-c1cccc3c1NCC3)O2. The number of hydrogen-bond donors (Lipinski definition) is 1. The molecule has 6 heteroatoms. The summed E-state index contributed by atoms with van der Waals surface area (Å²) in [7, 11) is 0. The fraction of sp³-hybridized carbons (Fsp3) is 0.407. The molecule has 0 aliphatic carbocycles. The van der Waals surface area contributed by atoms with Crippen LogP contribution in [0.1, 0.15) is 48.1 Å². The first-order valence-electron chi connectivity index (χ1n) is 11.7. The van der Waals surface area contributed by atoms with Gasteiger partial charge in [-0.3, -0.25) is 9.48 Å². The first-order chi connectivity index (χ1) is 15.8. The van der Waals surface area contributed by atoms with Crippen LogP contribution in [-0.2, 0) is 24.2 Å². The summed E-state index contributed by atoms with van der Waals surface area (Å²) < 4.78 is 14.3. The highest BCUT2D eigenvalue weighted by Crippen LogP contribution is 2.44. The molecule has 33 heavy (non-hydrogen) atoms. The standard InChI is InChI=1S/C27H31N3O3/c1-16-17(2)26-21(18(3)25(16)32-19(4)31)9-12-27(5,33-26)15-30-23(11-14-29-30)22-8-6-7-20-10-13-28-24(20)22/h6-8,11,14,28H,9-10,12-13,15H2,1-5H3. The molecule has 172 valence electrons. The number of carbonyl (C=O) groups is 1. The van der Waals surface area contributed by atoms with Gasteiger partial charge in [-0.1, -0.05) is 18.2 Å². The first kappa shape index (κ1) is 21.6. The van der Waals surface area contributed by atoms with Gasteiger partial charge >= 0.3 is 5.97 Å². The van der Waals surface area contributed by atoms with Gasteiger partial charge in [0.2, 0.25) is 0 Å². The van der Waals surface area contributed by atoms with Gasteiger partial charge in [0, 0.05) is 36.5 Å². The van der Waals surface area contributed by atoms with Crippen molar-refractivity contribution in [1.82, 2.24) is 9.78 Å². The molecule has 0 radical (unpaired) electrons. The number of rotatable bonds is 4. The van der Waals surface area contributed by atoms with Crippen LogP contribution in [0.3, 0.4) is 0 Å². The van der Waals surface area contributed by atoms with E-state index in [4.69, 9.17) is 9.47 Å². The summed E-state index contributed by atoms with van der Waals surface area (Å²) in [5, 5.41) is 8.21. The van der Waals surface area contributed by atoms with E-state index in [9.17, 15) is 4.79 Å². The zero-order valence-electron chi connectivity index (χ0n) is 20.0. The second kappa shape index (κ2) is 7.94. The van der Waals surface area contributed by atoms with Gasteiger partial charge in [0.1, 0.15) is 17.1 Å². The highest BCUT2D eigenvalue weighted by atomic mass is 16.5. The number of hydrogen-bond acceptors (Lipinski definition) is 5. The molecule has 2 aliphatic rings. The summed E-state index contributed by atoms with van der Waals surface area (Å²) in [6, 6.07) is 8.57. The number of para-hydroxylation sites is 1. The monoisotopic (exact) mass is 445 g/mol. The molecule has 0 amide bonds. The van der Waals surface area contributed by atoms with Gasteiger partial charge in [0.15, 0.2) is 0 Å². The molecular weight excluding hydrogens is 414 g/mol. The minimum absolute atomic E-state index is 0.296. The van der Waals surface area contributed by atoms with Crippen LogP contribution in [0.15, 0.2) is 30.5 Å². The molecule has 1 atom stereocenters. The van der Waals surface area contributed by atoms with Crippen molar-refractivity contribution in [1.29, 1.82) is 0 Å². The first-order valence-corrected chi connectivity index (χ1v) is 11.7. The Morgan fingerprint density at radius 3 is 2.79 bits per heavy atom. The zero-order chi connectivity index (χ0) is 23.3. The van der Waals surface area contributed by atoms with Crippen LogP contribution in [0.5, 0.6) is 11.5 Å². The third-order valence-electron chi connectivity index (χ3n) is 7.13. The predicted octanol–water partition coefficient (Wildman–Crippen LogP) is 5.15. The van der Waals surface area contributed by atoms with Gasteiger partial charge in [-0.2, -0.15) is 5.10 Å². The van der Waals surface area contributed by atoms with E-state index in [1.54, 1.807) is 0 Å². The number of benzene rings is 2. The lowest BCUT2D eigenvalue weighted by molar-refractivity contribution is -0.132. The van der Waals surface area contributed by atoms with Crippen molar-refractivity contribution < 1.29 is 14.3 Å². The smallest absolute Gasteiger partial charge is 0.308 e. The van der Waals surface area contributed by atoms with E-state index < -0.39 is 5.60 Å². The molecule has 1 unspecified atom stereocenters. The van der Waals surface area contributed by atoms with Crippen molar-refractivity contribution in [3.8, 4) is 22.8 Å². The Labute approximate surface area is 194 Å². The van der Waals surface area contributed by atoms with E-state index in [0.717, 1.165) is 59.5 Å². The van der Waals surface area contributed by atoms with Gasteiger partial charge < -0.3 is 14.8 Å². The van der Waals surface area contributed by atoms with Crippen LogP contribution in [0, 0.1) is 20.8 Å². The second-order valence-electron chi connectivity index (χ2n) is 9.55. The maximum absolute atomic E-state index is 11.6. The molecule has 1 N–H and O–H groups in total. The predicted molar refractivity (Wildman–Crippen MR) is 129 cm³/mol. The maximum atomic E-state index is 11.6. The van der Waals surface area contributed by atoms with Crippen LogP contribution in [0.4, 0.5) is 5.69 Å². The second-order valence-corrected chi connectivity index (χ2v) is 9.55. The molecule has 0 bridgehead atoms. The molecule has 0 saturated heterocycles. The Morgan fingerprint density at radius 2 is 2.00 bits per heavy atom. The lowest BCUT2D eigenvalue weighted by Crippen LogP contribution is -2.41. The van der Waals surface area contributed by atoms with Crippen molar-refractivity contribution >= 4 is 11.7 Å². The fourth-order valence-electron chi connectivity index (χ4n) is 5.25. The van der Waals surface area contributed by atoms with Gasteiger partial charge in [0.05, 0.1) is 12.2 Å². The Bertz CT molecular complexity index is 1260. The Kier molecular flexibility index (Phi) is 5.19. The van der Waals surface area contributed by atoms with Crippen LogP contribution >= 0.6 is 0 Å². The molecule has 0 saturated carbocycles. The van der Waals surface area contributed by atoms with E-state index in [-0.39, 0.29) is 5.97 Å². The van der Waals surface area contributed by atoms with Crippen LogP contribution in [-0.4, -0.2) is 27.9 Å². The van der Waals surface area contributed by atoms with Crippen molar-refractivity contribution in [2.45, 2.75) is 66.0 Å². The van der Waals surface area contributed by atoms with Crippen molar-refractivity contribution in [2.24, 2.45) is 0 Å². The molecule has 1 aromatic heterocycles. The van der Waals surface area contributed by atoms with E-state index in [2.05, 4.69) is 46.3 Å². The third-order valence-corrected chi connectivity index (χ3v) is 7.13. The molecule has 0 spiro atoms. The van der Waals surface area contributed by atoms with Gasteiger partial charge in [0.25, 0.3) is 0 Å². The number of nitrogens with one attached hydrogen (secondary N) is 1. The minimum atomic E-state index is -0.397. The maximum Gasteiger partial charge on any atom is 0.308 e. The molecule has 2 aliphatic heterocycles. The molecule has 0 fully saturated rings. The molecule has 5 rings (SSSR count). The van der Waals surface area contributed by atoms with E-state index in [0.29, 0.717) is 12.3 Å². The van der Waals surface area contributed by atoms with E-state index >= 15 is 0 Å². The summed E-state index contributed by atoms with van der Waals surface area (Å²) in [5.41, 5.74) is 8.60. The van der Waals surface area contributed by atoms with E-state index in [1.165, 1.54) is 23.7 Å². The summed E-state index contributed by atoms with van der Waals surface area (Å²) >= 11 is 0. The lowest BCUT2D eigenvalue weighted by Gasteiger charge is -2.38. The lowest BCUT2D eigenvalue weighted by atomic mass is 9.87. The van der Waals surface area contributed by atoms with Crippen molar-refractivity contribution in [3.05, 3.63) is 58.3 Å². The number of nitrogens with zero attached hydrogens (tertiary/aromatic N) is 2. The van der Waals surface area contributed by atoms with Gasteiger partial charge in [-0.05, 0) is 75.3 Å². The number of aromatic nitrogens is 2. The van der Waals surface area contributed by atoms with Gasteiger partial charge in [-0.25, -0.2) is 0 Å². The summed E-state index contributed by atoms with van der Waals surface area (Å²) in [4.78, 5) is 11.6. The highest BCUT2D eigenvalue weighted by Gasteiger charge is 2.36. The molecule has 3 heterocycles. The average Bonchev–Trinajstić information content (AvgIpc) is 3.44. The minimum Gasteiger partial charge on any atom is -0.485 e. The number of fused-ring (bicyclic) bond motifs is 2. The number of esters is 1. The Morgan fingerprint density at radius 1 is 1.18 bits per heavy atom. The van der Waals surface area contributed by atoms with Crippen LogP contribution < -0.4 is 14.8 Å². The number of ether oxygens (including phenoxy) is 2. The summed E-state index contributed by atoms with van der Waals surface area (Å²) in [5.74, 6) is 1.30. The van der Waals surface area contributed by atoms with E-state index in [1.807, 2.05) is 27.0 Å². The summed E-state index contributed by atoms with van der Waals surface area (Å²) in [6.07, 6.45) is 4.65. The van der Waals surface area contributed by atoms with Crippen LogP contribution in [0.2, 0.25) is 0 Å². The third kappa shape index (κ3) is 3.67. The molecule has 2 aromatic carbocycles. The summed E-state index contributed by atoms with van der Waals surface area (Å²) in [6.45, 7) is 11.3. The van der Waals surface area contributed by atoms with Gasteiger partial charge in [-0.15, -0.1) is 0 Å². The Hall–Kier alpha value is -3.28. The average molecular weight is 446 g/mol. The molecule has 3 aromatic rings. The number of carbonyl (C=O) groups excluding carboxylic acids is 1. The normalized spacial score (nSPS) is 18.8. The number of anilines is 1. The largest absolute Gasteiger partial charge is 0.485 e. The Balaban J connectivity index is 1.47. The van der Waals surface area contributed by atoms with Crippen LogP contribution in [0.25, 0.3) is 11.3 Å². The van der Waals surface area contributed by atoms with Crippen molar-refractivity contribution in [2.75, 3.05) is 11.9 Å². The zero-order valence-corrected chi connectivity index (χ0v) is 20.0. The highest BCUT2D eigenvalue weighted by molar-refractivity contribution is 5.80. The van der Waals surface area contributed by atoms with Crippen molar-refractivity contribution in [3.63, 3.8) is 0 Å². The fourth-order valence-corrected chi connectivity index (χ4v) is 5.25. The molecular formula is C27H31N3O3. The topological polar surface area (TPSA) is 65.4 Å².